The minimum Gasteiger partial charge on any atom is -0.493 e. The van der Waals surface area contributed by atoms with Gasteiger partial charge < -0.3 is 9.47 Å². The SMILES string of the molecule is COc1cc(/C=C2\SC(=S)N(Cc3ccccc3)C2=O)ccc1OC(=O)c1ccc(C)cc1. The highest BCUT2D eigenvalue weighted by Gasteiger charge is 2.32. The zero-order valence-electron chi connectivity index (χ0n) is 18.1. The summed E-state index contributed by atoms with van der Waals surface area (Å²) in [5.41, 5.74) is 3.26. The number of esters is 1. The number of hydrogen-bond donors (Lipinski definition) is 0. The number of carbonyl (C=O) groups is 2. The van der Waals surface area contributed by atoms with Gasteiger partial charge in [-0.1, -0.05) is 78.1 Å². The molecule has 0 aliphatic carbocycles. The van der Waals surface area contributed by atoms with Crippen LogP contribution in [0, 0.1) is 6.92 Å². The topological polar surface area (TPSA) is 55.8 Å². The Morgan fingerprint density at radius 1 is 1.03 bits per heavy atom. The largest absolute Gasteiger partial charge is 0.493 e. The molecule has 7 heteroatoms. The van der Waals surface area contributed by atoms with Crippen molar-refractivity contribution in [2.45, 2.75) is 13.5 Å². The van der Waals surface area contributed by atoms with Crippen LogP contribution in [0.3, 0.4) is 0 Å². The van der Waals surface area contributed by atoms with Crippen molar-refractivity contribution in [1.29, 1.82) is 0 Å². The van der Waals surface area contributed by atoms with Gasteiger partial charge in [0.25, 0.3) is 5.91 Å². The third-order valence-electron chi connectivity index (χ3n) is 5.03. The minimum absolute atomic E-state index is 0.136. The van der Waals surface area contributed by atoms with Crippen molar-refractivity contribution in [3.05, 3.63) is 100.0 Å². The number of benzene rings is 3. The Balaban J connectivity index is 1.51. The molecule has 1 aliphatic rings. The van der Waals surface area contributed by atoms with Crippen LogP contribution in [-0.4, -0.2) is 28.2 Å². The summed E-state index contributed by atoms with van der Waals surface area (Å²) in [6, 6.07) is 22.0. The van der Waals surface area contributed by atoms with Crippen molar-refractivity contribution in [3.63, 3.8) is 0 Å². The van der Waals surface area contributed by atoms with Gasteiger partial charge in [-0.2, -0.15) is 0 Å². The summed E-state index contributed by atoms with van der Waals surface area (Å²) in [4.78, 5) is 27.5. The number of amides is 1. The zero-order chi connectivity index (χ0) is 23.4. The molecule has 1 fully saturated rings. The van der Waals surface area contributed by atoms with E-state index in [0.29, 0.717) is 32.8 Å². The molecule has 1 aliphatic heterocycles. The van der Waals surface area contributed by atoms with Crippen LogP contribution in [0.25, 0.3) is 6.08 Å². The molecule has 0 saturated carbocycles. The maximum Gasteiger partial charge on any atom is 0.343 e. The smallest absolute Gasteiger partial charge is 0.343 e. The molecular weight excluding hydrogens is 454 g/mol. The first-order valence-corrected chi connectivity index (χ1v) is 11.4. The molecule has 3 aromatic rings. The Hall–Kier alpha value is -3.42. The molecule has 0 aromatic heterocycles. The highest BCUT2D eigenvalue weighted by molar-refractivity contribution is 8.26. The first-order chi connectivity index (χ1) is 15.9. The molecule has 33 heavy (non-hydrogen) atoms. The molecule has 0 spiro atoms. The average molecular weight is 476 g/mol. The number of rotatable bonds is 6. The molecule has 0 bridgehead atoms. The molecule has 0 N–H and O–H groups in total. The Morgan fingerprint density at radius 3 is 2.45 bits per heavy atom. The molecule has 0 radical (unpaired) electrons. The Morgan fingerprint density at radius 2 is 1.76 bits per heavy atom. The number of nitrogens with zero attached hydrogens (tertiary/aromatic N) is 1. The fraction of sp³-hybridized carbons (Fsp3) is 0.115. The second-order valence-electron chi connectivity index (χ2n) is 7.42. The molecular formula is C26H21NO4S2. The lowest BCUT2D eigenvalue weighted by Gasteiger charge is -2.14. The van der Waals surface area contributed by atoms with Crippen molar-refractivity contribution >= 4 is 46.3 Å². The third kappa shape index (κ3) is 5.32. The molecule has 4 rings (SSSR count). The lowest BCUT2D eigenvalue weighted by Crippen LogP contribution is -2.27. The normalized spacial score (nSPS) is 14.6. The number of carbonyl (C=O) groups excluding carboxylic acids is 2. The maximum atomic E-state index is 12.9. The van der Waals surface area contributed by atoms with Crippen molar-refractivity contribution in [2.75, 3.05) is 7.11 Å². The van der Waals surface area contributed by atoms with Gasteiger partial charge in [-0.05, 0) is 48.4 Å². The molecule has 3 aromatic carbocycles. The molecule has 166 valence electrons. The van der Waals surface area contributed by atoms with Crippen LogP contribution in [-0.2, 0) is 11.3 Å². The van der Waals surface area contributed by atoms with E-state index in [2.05, 4.69) is 0 Å². The number of hydrogen-bond acceptors (Lipinski definition) is 6. The molecule has 0 atom stereocenters. The summed E-state index contributed by atoms with van der Waals surface area (Å²) in [6.07, 6.45) is 1.76. The van der Waals surface area contributed by atoms with Crippen LogP contribution in [0.1, 0.15) is 27.0 Å². The van der Waals surface area contributed by atoms with E-state index in [9.17, 15) is 9.59 Å². The highest BCUT2D eigenvalue weighted by Crippen LogP contribution is 2.35. The second kappa shape index (κ2) is 10.0. The molecule has 1 heterocycles. The predicted molar refractivity (Wildman–Crippen MR) is 134 cm³/mol. The van der Waals surface area contributed by atoms with Gasteiger partial charge in [-0.3, -0.25) is 9.69 Å². The zero-order valence-corrected chi connectivity index (χ0v) is 19.7. The van der Waals surface area contributed by atoms with Crippen LogP contribution in [0.15, 0.2) is 77.7 Å². The lowest BCUT2D eigenvalue weighted by atomic mass is 10.1. The van der Waals surface area contributed by atoms with Crippen molar-refractivity contribution < 1.29 is 19.1 Å². The lowest BCUT2D eigenvalue weighted by molar-refractivity contribution is -0.122. The van der Waals surface area contributed by atoms with Gasteiger partial charge in [0.1, 0.15) is 4.32 Å². The van der Waals surface area contributed by atoms with Gasteiger partial charge in [-0.15, -0.1) is 0 Å². The minimum atomic E-state index is -0.470. The Labute approximate surface area is 202 Å². The van der Waals surface area contributed by atoms with Gasteiger partial charge >= 0.3 is 5.97 Å². The number of ether oxygens (including phenoxy) is 2. The maximum absolute atomic E-state index is 12.9. The summed E-state index contributed by atoms with van der Waals surface area (Å²) in [5.74, 6) is 0.0892. The molecule has 1 saturated heterocycles. The van der Waals surface area contributed by atoms with Crippen molar-refractivity contribution in [2.24, 2.45) is 0 Å². The standard InChI is InChI=1S/C26H21NO4S2/c1-17-8-11-20(12-9-17)25(29)31-21-13-10-19(14-22(21)30-2)15-23-24(28)27(26(32)33-23)16-18-6-4-3-5-7-18/h3-15H,16H2,1-2H3/b23-15-. The van der Waals surface area contributed by atoms with E-state index in [1.54, 1.807) is 41.3 Å². The first kappa shape index (κ1) is 22.8. The van der Waals surface area contributed by atoms with Crippen LogP contribution < -0.4 is 9.47 Å². The summed E-state index contributed by atoms with van der Waals surface area (Å²) in [5, 5.41) is 0. The fourth-order valence-electron chi connectivity index (χ4n) is 3.26. The number of thiocarbonyl (C=S) groups is 1. The van der Waals surface area contributed by atoms with Gasteiger partial charge in [0.2, 0.25) is 0 Å². The number of aryl methyl sites for hydroxylation is 1. The number of methoxy groups -OCH3 is 1. The average Bonchev–Trinajstić information content (AvgIpc) is 3.08. The summed E-state index contributed by atoms with van der Waals surface area (Å²) in [7, 11) is 1.50. The monoisotopic (exact) mass is 475 g/mol. The van der Waals surface area contributed by atoms with Crippen LogP contribution in [0.2, 0.25) is 0 Å². The summed E-state index contributed by atoms with van der Waals surface area (Å²) >= 11 is 6.69. The fourth-order valence-corrected chi connectivity index (χ4v) is 4.52. The van der Waals surface area contributed by atoms with E-state index in [1.165, 1.54) is 18.9 Å². The van der Waals surface area contributed by atoms with Crippen molar-refractivity contribution in [3.8, 4) is 11.5 Å². The van der Waals surface area contributed by atoms with E-state index >= 15 is 0 Å². The van der Waals surface area contributed by atoms with E-state index in [-0.39, 0.29) is 5.91 Å². The van der Waals surface area contributed by atoms with Gasteiger partial charge in [-0.25, -0.2) is 4.79 Å². The van der Waals surface area contributed by atoms with Gasteiger partial charge in [0.05, 0.1) is 24.1 Å². The summed E-state index contributed by atoms with van der Waals surface area (Å²) in [6.45, 7) is 2.38. The van der Waals surface area contributed by atoms with Crippen LogP contribution in [0.4, 0.5) is 0 Å². The predicted octanol–water partition coefficient (Wildman–Crippen LogP) is 5.62. The van der Waals surface area contributed by atoms with Crippen LogP contribution in [0.5, 0.6) is 11.5 Å². The Bertz CT molecular complexity index is 1240. The van der Waals surface area contributed by atoms with Crippen LogP contribution >= 0.6 is 24.0 Å². The molecule has 1 amide bonds. The Kier molecular flexibility index (Phi) is 6.91. The van der Waals surface area contributed by atoms with E-state index in [0.717, 1.165) is 16.7 Å². The second-order valence-corrected chi connectivity index (χ2v) is 9.10. The molecule has 0 unspecified atom stereocenters. The molecule has 5 nitrogen and oxygen atoms in total. The number of thioether (sulfide) groups is 1. The van der Waals surface area contributed by atoms with Crippen molar-refractivity contribution in [1.82, 2.24) is 4.90 Å². The third-order valence-corrected chi connectivity index (χ3v) is 6.41. The quantitative estimate of drug-likeness (QED) is 0.200. The van der Waals surface area contributed by atoms with Gasteiger partial charge in [0.15, 0.2) is 11.5 Å². The van der Waals surface area contributed by atoms with E-state index in [4.69, 9.17) is 21.7 Å². The summed E-state index contributed by atoms with van der Waals surface area (Å²) < 4.78 is 11.5. The van der Waals surface area contributed by atoms with Gasteiger partial charge in [0, 0.05) is 0 Å². The van der Waals surface area contributed by atoms with E-state index < -0.39 is 5.97 Å². The first-order valence-electron chi connectivity index (χ1n) is 10.2. The van der Waals surface area contributed by atoms with E-state index in [1.807, 2.05) is 49.4 Å². The highest BCUT2D eigenvalue weighted by atomic mass is 32.2.